The number of hydrogen-bond acceptors (Lipinski definition) is 5. The standard InChI is InChI=1S/C12H19ClN2O3/c1-9-11(13)14-10(2)15-12(9)18-6-4-5-17-8-7-16-3/h4-8H2,1-3H3. The smallest absolute Gasteiger partial charge is 0.221 e. The highest BCUT2D eigenvalue weighted by atomic mass is 35.5. The van der Waals surface area contributed by atoms with Crippen LogP contribution in [0.15, 0.2) is 0 Å². The van der Waals surface area contributed by atoms with Crippen LogP contribution in [0.2, 0.25) is 5.15 Å². The van der Waals surface area contributed by atoms with Crippen molar-refractivity contribution in [2.75, 3.05) is 33.5 Å². The number of hydrogen-bond donors (Lipinski definition) is 0. The second-order valence-corrected chi connectivity index (χ2v) is 4.16. The summed E-state index contributed by atoms with van der Waals surface area (Å²) in [6.07, 6.45) is 0.795. The van der Waals surface area contributed by atoms with Crippen LogP contribution in [0.3, 0.4) is 0 Å². The van der Waals surface area contributed by atoms with Crippen molar-refractivity contribution in [3.05, 3.63) is 16.5 Å². The van der Waals surface area contributed by atoms with Crippen molar-refractivity contribution >= 4 is 11.6 Å². The molecule has 1 rings (SSSR count). The first-order chi connectivity index (χ1) is 8.65. The van der Waals surface area contributed by atoms with Gasteiger partial charge < -0.3 is 14.2 Å². The van der Waals surface area contributed by atoms with Crippen LogP contribution in [0.1, 0.15) is 17.8 Å². The average molecular weight is 275 g/mol. The molecule has 0 saturated heterocycles. The molecule has 0 aliphatic carbocycles. The van der Waals surface area contributed by atoms with Gasteiger partial charge in [-0.2, -0.15) is 4.98 Å². The third-order valence-corrected chi connectivity index (χ3v) is 2.63. The molecule has 0 aromatic carbocycles. The zero-order valence-electron chi connectivity index (χ0n) is 11.0. The summed E-state index contributed by atoms with van der Waals surface area (Å²) < 4.78 is 15.8. The van der Waals surface area contributed by atoms with Gasteiger partial charge in [0.2, 0.25) is 5.88 Å². The zero-order chi connectivity index (χ0) is 13.4. The molecule has 0 radical (unpaired) electrons. The Morgan fingerprint density at radius 2 is 1.83 bits per heavy atom. The van der Waals surface area contributed by atoms with E-state index >= 15 is 0 Å². The minimum atomic E-state index is 0.439. The number of rotatable bonds is 8. The molecule has 0 spiro atoms. The fourth-order valence-corrected chi connectivity index (χ4v) is 1.49. The van der Waals surface area contributed by atoms with Crippen molar-refractivity contribution in [1.29, 1.82) is 0 Å². The van der Waals surface area contributed by atoms with E-state index in [1.54, 1.807) is 14.0 Å². The van der Waals surface area contributed by atoms with Gasteiger partial charge in [-0.1, -0.05) is 11.6 Å². The average Bonchev–Trinajstić information content (AvgIpc) is 2.33. The van der Waals surface area contributed by atoms with Gasteiger partial charge in [-0.15, -0.1) is 0 Å². The molecule has 0 aliphatic rings. The van der Waals surface area contributed by atoms with Crippen LogP contribution >= 0.6 is 11.6 Å². The monoisotopic (exact) mass is 274 g/mol. The molecule has 18 heavy (non-hydrogen) atoms. The Hall–Kier alpha value is -0.910. The van der Waals surface area contributed by atoms with Gasteiger partial charge in [-0.25, -0.2) is 4.98 Å². The van der Waals surface area contributed by atoms with Crippen molar-refractivity contribution < 1.29 is 14.2 Å². The van der Waals surface area contributed by atoms with Crippen molar-refractivity contribution in [3.8, 4) is 5.88 Å². The summed E-state index contributed by atoms with van der Waals surface area (Å²) in [7, 11) is 1.65. The molecule has 1 aromatic heterocycles. The topological polar surface area (TPSA) is 53.5 Å². The normalized spacial score (nSPS) is 10.7. The van der Waals surface area contributed by atoms with E-state index in [-0.39, 0.29) is 0 Å². The fourth-order valence-electron chi connectivity index (χ4n) is 1.28. The summed E-state index contributed by atoms with van der Waals surface area (Å²) >= 11 is 5.95. The summed E-state index contributed by atoms with van der Waals surface area (Å²) in [5.41, 5.74) is 0.766. The summed E-state index contributed by atoms with van der Waals surface area (Å²) in [5.74, 6) is 1.15. The molecule has 0 unspecified atom stereocenters. The second-order valence-electron chi connectivity index (χ2n) is 3.80. The molecule has 5 nitrogen and oxygen atoms in total. The lowest BCUT2D eigenvalue weighted by Gasteiger charge is -2.09. The maximum atomic E-state index is 5.95. The van der Waals surface area contributed by atoms with Gasteiger partial charge >= 0.3 is 0 Å². The summed E-state index contributed by atoms with van der Waals surface area (Å²) in [5, 5.41) is 0.439. The first-order valence-corrected chi connectivity index (χ1v) is 6.23. The molecule has 6 heteroatoms. The number of ether oxygens (including phenoxy) is 3. The van der Waals surface area contributed by atoms with E-state index in [1.807, 2.05) is 6.92 Å². The molecule has 1 heterocycles. The largest absolute Gasteiger partial charge is 0.477 e. The van der Waals surface area contributed by atoms with E-state index in [0.717, 1.165) is 12.0 Å². The Morgan fingerprint density at radius 3 is 2.56 bits per heavy atom. The first kappa shape index (κ1) is 15.1. The lowest BCUT2D eigenvalue weighted by atomic mass is 10.3. The van der Waals surface area contributed by atoms with Crippen LogP contribution in [0.5, 0.6) is 5.88 Å². The number of aryl methyl sites for hydroxylation is 1. The van der Waals surface area contributed by atoms with E-state index in [0.29, 0.717) is 43.3 Å². The van der Waals surface area contributed by atoms with E-state index in [4.69, 9.17) is 25.8 Å². The Balaban J connectivity index is 2.27. The Morgan fingerprint density at radius 1 is 1.06 bits per heavy atom. The Labute approximate surface area is 112 Å². The molecular weight excluding hydrogens is 256 g/mol. The Kier molecular flexibility index (Phi) is 6.93. The maximum Gasteiger partial charge on any atom is 0.221 e. The van der Waals surface area contributed by atoms with Crippen LogP contribution in [0.4, 0.5) is 0 Å². The van der Waals surface area contributed by atoms with Gasteiger partial charge in [-0.05, 0) is 13.8 Å². The van der Waals surface area contributed by atoms with E-state index in [1.165, 1.54) is 0 Å². The SMILES string of the molecule is COCCOCCCOc1nc(C)nc(Cl)c1C. The Bertz CT molecular complexity index is 375. The zero-order valence-corrected chi connectivity index (χ0v) is 11.8. The van der Waals surface area contributed by atoms with Gasteiger partial charge in [0.15, 0.2) is 0 Å². The van der Waals surface area contributed by atoms with Crippen LogP contribution in [-0.4, -0.2) is 43.5 Å². The number of nitrogens with zero attached hydrogens (tertiary/aromatic N) is 2. The summed E-state index contributed by atoms with van der Waals surface area (Å²) in [6, 6.07) is 0. The maximum absolute atomic E-state index is 5.95. The second kappa shape index (κ2) is 8.24. The minimum Gasteiger partial charge on any atom is -0.477 e. The van der Waals surface area contributed by atoms with Crippen molar-refractivity contribution in [2.45, 2.75) is 20.3 Å². The lowest BCUT2D eigenvalue weighted by molar-refractivity contribution is 0.0641. The highest BCUT2D eigenvalue weighted by molar-refractivity contribution is 6.30. The molecule has 0 bridgehead atoms. The quantitative estimate of drug-likeness (QED) is 0.537. The van der Waals surface area contributed by atoms with E-state index < -0.39 is 0 Å². The van der Waals surface area contributed by atoms with Gasteiger partial charge in [0, 0.05) is 25.7 Å². The molecule has 0 atom stereocenters. The van der Waals surface area contributed by atoms with Crippen LogP contribution in [0.25, 0.3) is 0 Å². The first-order valence-electron chi connectivity index (χ1n) is 5.85. The highest BCUT2D eigenvalue weighted by Gasteiger charge is 2.08. The molecule has 0 N–H and O–H groups in total. The molecule has 102 valence electrons. The minimum absolute atomic E-state index is 0.439. The van der Waals surface area contributed by atoms with Gasteiger partial charge in [-0.3, -0.25) is 0 Å². The van der Waals surface area contributed by atoms with E-state index in [2.05, 4.69) is 9.97 Å². The van der Waals surface area contributed by atoms with Crippen molar-refractivity contribution in [3.63, 3.8) is 0 Å². The molecule has 0 aliphatic heterocycles. The molecule has 0 saturated carbocycles. The predicted molar refractivity (Wildman–Crippen MR) is 69.3 cm³/mol. The fraction of sp³-hybridized carbons (Fsp3) is 0.667. The molecule has 0 amide bonds. The van der Waals surface area contributed by atoms with Gasteiger partial charge in [0.1, 0.15) is 11.0 Å². The molecular formula is C12H19ClN2O3. The third kappa shape index (κ3) is 5.16. The van der Waals surface area contributed by atoms with Crippen molar-refractivity contribution in [2.24, 2.45) is 0 Å². The third-order valence-electron chi connectivity index (χ3n) is 2.26. The number of halogens is 1. The predicted octanol–water partition coefficient (Wildman–Crippen LogP) is 2.18. The molecule has 0 fully saturated rings. The van der Waals surface area contributed by atoms with E-state index in [9.17, 15) is 0 Å². The van der Waals surface area contributed by atoms with Crippen LogP contribution in [0, 0.1) is 13.8 Å². The number of methoxy groups -OCH3 is 1. The molecule has 1 aromatic rings. The summed E-state index contributed by atoms with van der Waals surface area (Å²) in [4.78, 5) is 8.25. The summed E-state index contributed by atoms with van der Waals surface area (Å²) in [6.45, 7) is 6.02. The van der Waals surface area contributed by atoms with Gasteiger partial charge in [0.05, 0.1) is 19.8 Å². The van der Waals surface area contributed by atoms with Gasteiger partial charge in [0.25, 0.3) is 0 Å². The van der Waals surface area contributed by atoms with Crippen molar-refractivity contribution in [1.82, 2.24) is 9.97 Å². The lowest BCUT2D eigenvalue weighted by Crippen LogP contribution is -2.08. The highest BCUT2D eigenvalue weighted by Crippen LogP contribution is 2.21. The van der Waals surface area contributed by atoms with Crippen LogP contribution < -0.4 is 4.74 Å². The van der Waals surface area contributed by atoms with Crippen LogP contribution in [-0.2, 0) is 9.47 Å². The number of aromatic nitrogens is 2.